The molecule has 1 fully saturated rings. The van der Waals surface area contributed by atoms with E-state index in [4.69, 9.17) is 4.74 Å². The quantitative estimate of drug-likeness (QED) is 0.570. The van der Waals surface area contributed by atoms with E-state index < -0.39 is 22.0 Å². The second kappa shape index (κ2) is 10.8. The number of nitrogens with zero attached hydrogens (tertiary/aromatic N) is 1. The number of piperidine rings is 1. The molecule has 2 aromatic carbocycles. The molecular weight excluding hydrogens is 476 g/mol. The van der Waals surface area contributed by atoms with E-state index in [1.54, 1.807) is 4.90 Å². The first-order chi connectivity index (χ1) is 16.6. The van der Waals surface area contributed by atoms with E-state index in [1.165, 1.54) is 43.5 Å². The average molecular weight is 505 g/mol. The van der Waals surface area contributed by atoms with Crippen LogP contribution in [0, 0.1) is 5.92 Å². The average Bonchev–Trinajstić information content (AvgIpc) is 2.86. The van der Waals surface area contributed by atoms with Gasteiger partial charge in [0, 0.05) is 13.1 Å². The molecular formula is C24H28N2O8S. The molecule has 1 amide bonds. The highest BCUT2D eigenvalue weighted by molar-refractivity contribution is 7.92. The zero-order valence-corrected chi connectivity index (χ0v) is 20.8. The topological polar surface area (TPSA) is 128 Å². The number of hydrogen-bond acceptors (Lipinski definition) is 8. The van der Waals surface area contributed by atoms with Gasteiger partial charge in [-0.05, 0) is 55.2 Å². The Labute approximate surface area is 204 Å². The zero-order valence-electron chi connectivity index (χ0n) is 20.0. The van der Waals surface area contributed by atoms with Gasteiger partial charge in [-0.3, -0.25) is 9.52 Å². The van der Waals surface area contributed by atoms with Gasteiger partial charge in [0.15, 0.2) is 0 Å². The van der Waals surface area contributed by atoms with Crippen molar-refractivity contribution in [2.75, 3.05) is 39.1 Å². The van der Waals surface area contributed by atoms with Gasteiger partial charge in [-0.15, -0.1) is 0 Å². The van der Waals surface area contributed by atoms with Gasteiger partial charge < -0.3 is 19.1 Å². The predicted octanol–water partition coefficient (Wildman–Crippen LogP) is 2.94. The fraction of sp³-hybridized carbons (Fsp3) is 0.375. The number of hydrogen-bond donors (Lipinski definition) is 1. The number of methoxy groups -OCH3 is 3. The minimum Gasteiger partial charge on any atom is -0.496 e. The third-order valence-electron chi connectivity index (χ3n) is 5.81. The van der Waals surface area contributed by atoms with Crippen molar-refractivity contribution in [2.24, 2.45) is 5.92 Å². The molecule has 10 nitrogen and oxygen atoms in total. The van der Waals surface area contributed by atoms with Crippen LogP contribution in [-0.4, -0.2) is 65.6 Å². The number of rotatable bonds is 7. The number of likely N-dealkylation sites (tertiary alicyclic amines) is 1. The first-order valence-corrected chi connectivity index (χ1v) is 12.4. The van der Waals surface area contributed by atoms with Gasteiger partial charge >= 0.3 is 11.9 Å². The second-order valence-corrected chi connectivity index (χ2v) is 9.91. The monoisotopic (exact) mass is 504 g/mol. The van der Waals surface area contributed by atoms with Crippen LogP contribution in [0.1, 0.15) is 50.8 Å². The molecule has 0 aromatic heterocycles. The molecule has 0 radical (unpaired) electrons. The second-order valence-electron chi connectivity index (χ2n) is 8.22. The van der Waals surface area contributed by atoms with Crippen LogP contribution in [0.5, 0.6) is 5.75 Å². The van der Waals surface area contributed by atoms with Gasteiger partial charge in [0.05, 0.1) is 48.6 Å². The molecule has 11 heteroatoms. The van der Waals surface area contributed by atoms with E-state index in [1.807, 2.05) is 0 Å². The molecule has 0 aliphatic carbocycles. The third kappa shape index (κ3) is 5.91. The lowest BCUT2D eigenvalue weighted by atomic mass is 9.98. The lowest BCUT2D eigenvalue weighted by Crippen LogP contribution is -2.38. The molecule has 3 rings (SSSR count). The minimum absolute atomic E-state index is 0.0435. The highest BCUT2D eigenvalue weighted by Gasteiger charge is 2.26. The van der Waals surface area contributed by atoms with Gasteiger partial charge in [0.1, 0.15) is 5.75 Å². The third-order valence-corrected chi connectivity index (χ3v) is 7.19. The summed E-state index contributed by atoms with van der Waals surface area (Å²) in [5.74, 6) is -1.05. The summed E-state index contributed by atoms with van der Waals surface area (Å²) >= 11 is 0. The summed E-state index contributed by atoms with van der Waals surface area (Å²) in [4.78, 5) is 38.7. The highest BCUT2D eigenvalue weighted by atomic mass is 32.2. The zero-order chi connectivity index (χ0) is 25.8. The van der Waals surface area contributed by atoms with Crippen LogP contribution < -0.4 is 9.46 Å². The molecule has 1 saturated heterocycles. The van der Waals surface area contributed by atoms with E-state index in [9.17, 15) is 22.8 Å². The lowest BCUT2D eigenvalue weighted by Gasteiger charge is -2.30. The van der Waals surface area contributed by atoms with Crippen molar-refractivity contribution < 1.29 is 37.0 Å². The summed E-state index contributed by atoms with van der Waals surface area (Å²) in [7, 11) is -0.481. The van der Waals surface area contributed by atoms with Crippen molar-refractivity contribution in [3.8, 4) is 5.75 Å². The molecule has 1 N–H and O–H groups in total. The summed E-state index contributed by atoms with van der Waals surface area (Å²) in [5, 5.41) is 0. The minimum atomic E-state index is -4.21. The summed E-state index contributed by atoms with van der Waals surface area (Å²) in [5.41, 5.74) is -0.0125. The lowest BCUT2D eigenvalue weighted by molar-refractivity contribution is 0.0598. The summed E-state index contributed by atoms with van der Waals surface area (Å²) in [6.45, 7) is 3.28. The Balaban J connectivity index is 1.96. The Hall–Kier alpha value is -3.60. The van der Waals surface area contributed by atoms with E-state index in [0.717, 1.165) is 27.1 Å². The molecule has 0 unspecified atom stereocenters. The summed E-state index contributed by atoms with van der Waals surface area (Å²) in [6, 6.07) is 7.69. The van der Waals surface area contributed by atoms with Crippen LogP contribution in [-0.2, 0) is 19.5 Å². The molecule has 0 spiro atoms. The number of esters is 2. The Kier molecular flexibility index (Phi) is 8.00. The molecule has 1 heterocycles. The maximum absolute atomic E-state index is 13.2. The fourth-order valence-corrected chi connectivity index (χ4v) is 4.84. The van der Waals surface area contributed by atoms with Gasteiger partial charge in [-0.2, -0.15) is 0 Å². The number of carbonyl (C=O) groups excluding carboxylic acids is 3. The van der Waals surface area contributed by atoms with Gasteiger partial charge in [-0.25, -0.2) is 18.0 Å². The number of anilines is 1. The highest BCUT2D eigenvalue weighted by Crippen LogP contribution is 2.28. The van der Waals surface area contributed by atoms with E-state index in [-0.39, 0.29) is 38.9 Å². The van der Waals surface area contributed by atoms with Crippen LogP contribution in [0.25, 0.3) is 0 Å². The SMILES string of the molecule is COC(=O)c1cc(NS(=O)(=O)c2ccc(OC)c(C(=O)N3CCC(C)CC3)c2)cc(C(=O)OC)c1. The molecule has 1 aliphatic rings. The van der Waals surface area contributed by atoms with E-state index in [0.29, 0.717) is 19.0 Å². The van der Waals surface area contributed by atoms with Crippen molar-refractivity contribution in [1.82, 2.24) is 4.90 Å². The van der Waals surface area contributed by atoms with Crippen LogP contribution in [0.3, 0.4) is 0 Å². The van der Waals surface area contributed by atoms with Gasteiger partial charge in [0.25, 0.3) is 15.9 Å². The molecule has 0 bridgehead atoms. The maximum Gasteiger partial charge on any atom is 0.337 e. The first-order valence-electron chi connectivity index (χ1n) is 10.9. The molecule has 0 saturated carbocycles. The smallest absolute Gasteiger partial charge is 0.337 e. The molecule has 188 valence electrons. The van der Waals surface area contributed by atoms with E-state index >= 15 is 0 Å². The van der Waals surface area contributed by atoms with Crippen LogP contribution in [0.2, 0.25) is 0 Å². The molecule has 35 heavy (non-hydrogen) atoms. The van der Waals surface area contributed by atoms with Gasteiger partial charge in [-0.1, -0.05) is 6.92 Å². The number of carbonyl (C=O) groups is 3. The summed E-state index contributed by atoms with van der Waals surface area (Å²) < 4.78 is 43.4. The number of nitrogens with one attached hydrogen (secondary N) is 1. The van der Waals surface area contributed by atoms with Crippen molar-refractivity contribution in [1.29, 1.82) is 0 Å². The largest absolute Gasteiger partial charge is 0.496 e. The van der Waals surface area contributed by atoms with Crippen molar-refractivity contribution in [3.05, 3.63) is 53.1 Å². The van der Waals surface area contributed by atoms with Crippen LogP contribution >= 0.6 is 0 Å². The molecule has 1 aliphatic heterocycles. The van der Waals surface area contributed by atoms with Crippen molar-refractivity contribution in [3.63, 3.8) is 0 Å². The summed E-state index contributed by atoms with van der Waals surface area (Å²) in [6.07, 6.45) is 1.74. The predicted molar refractivity (Wildman–Crippen MR) is 127 cm³/mol. The first kappa shape index (κ1) is 26.0. The molecule has 0 atom stereocenters. The fourth-order valence-electron chi connectivity index (χ4n) is 3.78. The standard InChI is InChI=1S/C24H28N2O8S/c1-15-7-9-26(10-8-15)22(27)20-14-19(5-6-21(20)32-2)35(30,31)25-18-12-16(23(28)33-3)11-17(13-18)24(29)34-4/h5-6,11-15,25H,7-10H2,1-4H3. The normalized spacial score (nSPS) is 14.2. The van der Waals surface area contributed by atoms with Crippen LogP contribution in [0.15, 0.2) is 41.3 Å². The number of ether oxygens (including phenoxy) is 3. The van der Waals surface area contributed by atoms with Crippen molar-refractivity contribution in [2.45, 2.75) is 24.7 Å². The molecule has 2 aromatic rings. The number of amides is 1. The number of benzene rings is 2. The van der Waals surface area contributed by atoms with Crippen LogP contribution in [0.4, 0.5) is 5.69 Å². The Morgan fingerprint density at radius 2 is 1.49 bits per heavy atom. The Bertz CT molecular complexity index is 1200. The van der Waals surface area contributed by atoms with Gasteiger partial charge in [0.2, 0.25) is 0 Å². The number of sulfonamides is 1. The maximum atomic E-state index is 13.2. The van der Waals surface area contributed by atoms with E-state index in [2.05, 4.69) is 21.1 Å². The van der Waals surface area contributed by atoms with Crippen molar-refractivity contribution >= 4 is 33.6 Å². The Morgan fingerprint density at radius 1 is 0.914 bits per heavy atom. The Morgan fingerprint density at radius 3 is 2.00 bits per heavy atom.